The number of pyridine rings is 1. The molecule has 0 radical (unpaired) electrons. The van der Waals surface area contributed by atoms with Gasteiger partial charge in [-0.05, 0) is 32.9 Å². The fourth-order valence-electron chi connectivity index (χ4n) is 2.73. The zero-order valence-electron chi connectivity index (χ0n) is 14.4. The van der Waals surface area contributed by atoms with Crippen LogP contribution in [0, 0.1) is 0 Å². The van der Waals surface area contributed by atoms with Gasteiger partial charge in [0.25, 0.3) is 0 Å². The maximum absolute atomic E-state index is 12.9. The van der Waals surface area contributed by atoms with E-state index in [1.54, 1.807) is 73.8 Å². The number of hydrogen-bond acceptors (Lipinski definition) is 4. The first kappa shape index (κ1) is 16.8. The van der Waals surface area contributed by atoms with E-state index < -0.39 is 11.6 Å². The van der Waals surface area contributed by atoms with E-state index >= 15 is 0 Å². The SMILES string of the molecule is CC(C)(C)OC(=O)c1c(N)c(C(=O)c2ccccc2)n2ccccc12. The minimum Gasteiger partial charge on any atom is -0.456 e. The summed E-state index contributed by atoms with van der Waals surface area (Å²) in [5.74, 6) is -0.782. The summed E-state index contributed by atoms with van der Waals surface area (Å²) in [5.41, 5.74) is 7.25. The Morgan fingerprint density at radius 2 is 1.64 bits per heavy atom. The fourth-order valence-corrected chi connectivity index (χ4v) is 2.73. The first-order valence-corrected chi connectivity index (χ1v) is 8.01. The Hall–Kier alpha value is -3.08. The second kappa shape index (κ2) is 6.09. The van der Waals surface area contributed by atoms with Gasteiger partial charge >= 0.3 is 5.97 Å². The zero-order valence-corrected chi connectivity index (χ0v) is 14.4. The number of ether oxygens (including phenoxy) is 1. The summed E-state index contributed by atoms with van der Waals surface area (Å²) in [7, 11) is 0. The van der Waals surface area contributed by atoms with Gasteiger partial charge in [0, 0.05) is 11.8 Å². The maximum atomic E-state index is 12.9. The van der Waals surface area contributed by atoms with Gasteiger partial charge in [-0.15, -0.1) is 0 Å². The quantitative estimate of drug-likeness (QED) is 0.584. The molecule has 1 aromatic carbocycles. The highest BCUT2D eigenvalue weighted by molar-refractivity contribution is 6.16. The van der Waals surface area contributed by atoms with E-state index in [1.807, 2.05) is 6.07 Å². The van der Waals surface area contributed by atoms with Gasteiger partial charge in [0.2, 0.25) is 5.78 Å². The predicted molar refractivity (Wildman–Crippen MR) is 96.9 cm³/mol. The molecule has 25 heavy (non-hydrogen) atoms. The largest absolute Gasteiger partial charge is 0.456 e. The molecule has 3 rings (SSSR count). The molecule has 0 bridgehead atoms. The Labute approximate surface area is 146 Å². The lowest BCUT2D eigenvalue weighted by Gasteiger charge is -2.19. The molecule has 3 aromatic rings. The summed E-state index contributed by atoms with van der Waals surface area (Å²) in [6.45, 7) is 5.36. The van der Waals surface area contributed by atoms with Crippen LogP contribution < -0.4 is 5.73 Å². The smallest absolute Gasteiger partial charge is 0.343 e. The van der Waals surface area contributed by atoms with Gasteiger partial charge in [-0.1, -0.05) is 36.4 Å². The van der Waals surface area contributed by atoms with Crippen molar-refractivity contribution in [1.82, 2.24) is 4.40 Å². The van der Waals surface area contributed by atoms with Gasteiger partial charge < -0.3 is 14.9 Å². The van der Waals surface area contributed by atoms with Gasteiger partial charge in [0.1, 0.15) is 16.9 Å². The Balaban J connectivity index is 2.20. The maximum Gasteiger partial charge on any atom is 0.343 e. The number of anilines is 1. The Kier molecular flexibility index (Phi) is 4.08. The number of fused-ring (bicyclic) bond motifs is 1. The van der Waals surface area contributed by atoms with Crippen LogP contribution in [0.15, 0.2) is 54.7 Å². The molecule has 128 valence electrons. The van der Waals surface area contributed by atoms with Crippen LogP contribution in [-0.2, 0) is 4.74 Å². The molecule has 0 aliphatic heterocycles. The van der Waals surface area contributed by atoms with Gasteiger partial charge in [-0.3, -0.25) is 4.79 Å². The van der Waals surface area contributed by atoms with Crippen molar-refractivity contribution in [3.8, 4) is 0 Å². The van der Waals surface area contributed by atoms with E-state index in [0.29, 0.717) is 11.1 Å². The van der Waals surface area contributed by atoms with Crippen LogP contribution in [0.3, 0.4) is 0 Å². The molecule has 2 aromatic heterocycles. The van der Waals surface area contributed by atoms with Gasteiger partial charge in [-0.25, -0.2) is 4.79 Å². The number of carbonyl (C=O) groups is 2. The molecule has 0 atom stereocenters. The van der Waals surface area contributed by atoms with Gasteiger partial charge in [-0.2, -0.15) is 0 Å². The molecule has 0 saturated heterocycles. The van der Waals surface area contributed by atoms with Crippen LogP contribution in [-0.4, -0.2) is 21.8 Å². The predicted octanol–water partition coefficient (Wildman–Crippen LogP) is 3.71. The molecule has 5 heteroatoms. The van der Waals surface area contributed by atoms with Crippen molar-refractivity contribution in [3.05, 3.63) is 71.5 Å². The molecule has 0 aliphatic rings. The molecular formula is C20H20N2O3. The number of esters is 1. The highest BCUT2D eigenvalue weighted by atomic mass is 16.6. The Morgan fingerprint density at radius 3 is 2.28 bits per heavy atom. The average molecular weight is 336 g/mol. The van der Waals surface area contributed by atoms with Crippen molar-refractivity contribution >= 4 is 23.0 Å². The Bertz CT molecular complexity index is 950. The first-order chi connectivity index (χ1) is 11.8. The fraction of sp³-hybridized carbons (Fsp3) is 0.200. The normalized spacial score (nSPS) is 11.5. The van der Waals surface area contributed by atoms with Crippen molar-refractivity contribution in [2.45, 2.75) is 26.4 Å². The van der Waals surface area contributed by atoms with Crippen LogP contribution in [0.1, 0.15) is 47.2 Å². The third-order valence-corrected chi connectivity index (χ3v) is 3.74. The topological polar surface area (TPSA) is 73.8 Å². The number of benzene rings is 1. The van der Waals surface area contributed by atoms with Crippen LogP contribution in [0.25, 0.3) is 5.52 Å². The summed E-state index contributed by atoms with van der Waals surface area (Å²) < 4.78 is 7.11. The molecule has 0 saturated carbocycles. The molecule has 2 N–H and O–H groups in total. The number of nitrogen functional groups attached to an aromatic ring is 1. The minimum absolute atomic E-state index is 0.134. The number of hydrogen-bond donors (Lipinski definition) is 1. The van der Waals surface area contributed by atoms with Crippen molar-refractivity contribution in [3.63, 3.8) is 0 Å². The van der Waals surface area contributed by atoms with E-state index in [1.165, 1.54) is 0 Å². The summed E-state index contributed by atoms with van der Waals surface area (Å²) >= 11 is 0. The van der Waals surface area contributed by atoms with E-state index in [0.717, 1.165) is 0 Å². The second-order valence-corrected chi connectivity index (χ2v) is 6.79. The molecular weight excluding hydrogens is 316 g/mol. The third-order valence-electron chi connectivity index (χ3n) is 3.74. The molecule has 5 nitrogen and oxygen atoms in total. The first-order valence-electron chi connectivity index (χ1n) is 8.01. The van der Waals surface area contributed by atoms with Crippen LogP contribution >= 0.6 is 0 Å². The van der Waals surface area contributed by atoms with Gasteiger partial charge in [0.15, 0.2) is 0 Å². The van der Waals surface area contributed by atoms with Crippen molar-refractivity contribution in [2.75, 3.05) is 5.73 Å². The lowest BCUT2D eigenvalue weighted by Crippen LogP contribution is -2.24. The lowest BCUT2D eigenvalue weighted by atomic mass is 10.1. The van der Waals surface area contributed by atoms with Crippen LogP contribution in [0.4, 0.5) is 5.69 Å². The third kappa shape index (κ3) is 3.13. The molecule has 0 spiro atoms. The summed E-state index contributed by atoms with van der Waals surface area (Å²) in [6, 6.07) is 14.2. The van der Waals surface area contributed by atoms with Crippen LogP contribution in [0.5, 0.6) is 0 Å². The second-order valence-electron chi connectivity index (χ2n) is 6.79. The standard InChI is InChI=1S/C20H20N2O3/c1-20(2,3)25-19(24)15-14-11-7-8-12-22(14)17(16(15)21)18(23)13-9-5-4-6-10-13/h4-12H,21H2,1-3H3. The number of nitrogens with two attached hydrogens (primary N) is 1. The van der Waals surface area contributed by atoms with Crippen molar-refractivity contribution in [2.24, 2.45) is 0 Å². The average Bonchev–Trinajstić information content (AvgIpc) is 2.85. The Morgan fingerprint density at radius 1 is 1.00 bits per heavy atom. The van der Waals surface area contributed by atoms with E-state index in [2.05, 4.69) is 0 Å². The number of carbonyl (C=O) groups excluding carboxylic acids is 2. The highest BCUT2D eigenvalue weighted by Gasteiger charge is 2.29. The van der Waals surface area contributed by atoms with E-state index in [9.17, 15) is 9.59 Å². The van der Waals surface area contributed by atoms with E-state index in [4.69, 9.17) is 10.5 Å². The summed E-state index contributed by atoms with van der Waals surface area (Å²) in [6.07, 6.45) is 1.72. The molecule has 0 fully saturated rings. The van der Waals surface area contributed by atoms with Crippen LogP contribution in [0.2, 0.25) is 0 Å². The number of ketones is 1. The van der Waals surface area contributed by atoms with Crippen molar-refractivity contribution in [1.29, 1.82) is 0 Å². The number of aromatic nitrogens is 1. The molecule has 2 heterocycles. The number of rotatable bonds is 3. The van der Waals surface area contributed by atoms with E-state index in [-0.39, 0.29) is 22.7 Å². The molecule has 0 amide bonds. The summed E-state index contributed by atoms with van der Waals surface area (Å²) in [4.78, 5) is 25.6. The minimum atomic E-state index is -0.657. The molecule has 0 aliphatic carbocycles. The molecule has 0 unspecified atom stereocenters. The van der Waals surface area contributed by atoms with Crippen molar-refractivity contribution < 1.29 is 14.3 Å². The lowest BCUT2D eigenvalue weighted by molar-refractivity contribution is 0.00731. The number of nitrogens with zero attached hydrogens (tertiary/aromatic N) is 1. The summed E-state index contributed by atoms with van der Waals surface area (Å²) in [5, 5.41) is 0. The monoisotopic (exact) mass is 336 g/mol. The van der Waals surface area contributed by atoms with Gasteiger partial charge in [0.05, 0.1) is 11.2 Å². The zero-order chi connectivity index (χ0) is 18.2. The highest BCUT2D eigenvalue weighted by Crippen LogP contribution is 2.30.